The minimum Gasteiger partial charge on any atom is -0.478 e. The van der Waals surface area contributed by atoms with Gasteiger partial charge in [-0.2, -0.15) is 0 Å². The molecule has 134 valence electrons. The van der Waals surface area contributed by atoms with Crippen LogP contribution in [-0.2, 0) is 11.3 Å². The van der Waals surface area contributed by atoms with Crippen molar-refractivity contribution in [2.75, 3.05) is 39.4 Å². The predicted molar refractivity (Wildman–Crippen MR) is 95.1 cm³/mol. The van der Waals surface area contributed by atoms with Crippen LogP contribution in [0, 0.1) is 0 Å². The van der Waals surface area contributed by atoms with Crippen molar-refractivity contribution in [3.8, 4) is 11.3 Å². The van der Waals surface area contributed by atoms with E-state index in [1.54, 1.807) is 6.07 Å². The highest BCUT2D eigenvalue weighted by atomic mass is 35.5. The highest BCUT2D eigenvalue weighted by molar-refractivity contribution is 6.33. The summed E-state index contributed by atoms with van der Waals surface area (Å²) in [5.41, 5.74) is 0.766. The van der Waals surface area contributed by atoms with Gasteiger partial charge in [0, 0.05) is 31.7 Å². The Labute approximate surface area is 151 Å². The SMILES string of the molecule is O=C(O)c1ccc(Cl)c(-c2ccc(CNCCN3CCOCC3)o2)c1. The zero-order valence-corrected chi connectivity index (χ0v) is 14.6. The number of ether oxygens (including phenoxy) is 1. The number of morpholine rings is 1. The average molecular weight is 365 g/mol. The van der Waals surface area contributed by atoms with E-state index in [0.29, 0.717) is 22.9 Å². The Balaban J connectivity index is 1.55. The lowest BCUT2D eigenvalue weighted by molar-refractivity contribution is 0.0383. The molecule has 1 aromatic heterocycles. The number of halogens is 1. The molecule has 1 aliphatic rings. The summed E-state index contributed by atoms with van der Waals surface area (Å²) in [6, 6.07) is 8.26. The van der Waals surface area contributed by atoms with Crippen LogP contribution in [0.2, 0.25) is 5.02 Å². The number of benzene rings is 1. The minimum absolute atomic E-state index is 0.181. The van der Waals surface area contributed by atoms with Gasteiger partial charge in [0.25, 0.3) is 0 Å². The Bertz CT molecular complexity index is 726. The molecular weight excluding hydrogens is 344 g/mol. The smallest absolute Gasteiger partial charge is 0.335 e. The van der Waals surface area contributed by atoms with Crippen LogP contribution < -0.4 is 5.32 Å². The molecule has 1 aliphatic heterocycles. The van der Waals surface area contributed by atoms with E-state index in [2.05, 4.69) is 10.2 Å². The Morgan fingerprint density at radius 1 is 1.24 bits per heavy atom. The van der Waals surface area contributed by atoms with Crippen molar-refractivity contribution in [2.24, 2.45) is 0 Å². The van der Waals surface area contributed by atoms with Crippen LogP contribution in [0.15, 0.2) is 34.7 Å². The highest BCUT2D eigenvalue weighted by Gasteiger charge is 2.13. The molecule has 1 aromatic carbocycles. The molecule has 6 nitrogen and oxygen atoms in total. The van der Waals surface area contributed by atoms with Gasteiger partial charge in [-0.1, -0.05) is 11.6 Å². The Hall–Kier alpha value is -1.86. The fraction of sp³-hybridized carbons (Fsp3) is 0.389. The van der Waals surface area contributed by atoms with E-state index >= 15 is 0 Å². The maximum atomic E-state index is 11.1. The lowest BCUT2D eigenvalue weighted by atomic mass is 10.1. The molecular formula is C18H21ClN2O4. The first-order chi connectivity index (χ1) is 12.1. The first-order valence-electron chi connectivity index (χ1n) is 8.26. The third kappa shape index (κ3) is 4.83. The maximum absolute atomic E-state index is 11.1. The number of furan rings is 1. The number of nitrogens with one attached hydrogen (secondary N) is 1. The van der Waals surface area contributed by atoms with Gasteiger partial charge in [0.1, 0.15) is 11.5 Å². The summed E-state index contributed by atoms with van der Waals surface area (Å²) in [7, 11) is 0. The fourth-order valence-corrected chi connectivity index (χ4v) is 2.95. The molecule has 0 radical (unpaired) electrons. The van der Waals surface area contributed by atoms with Crippen LogP contribution in [-0.4, -0.2) is 55.4 Å². The maximum Gasteiger partial charge on any atom is 0.335 e. The van der Waals surface area contributed by atoms with Gasteiger partial charge < -0.3 is 19.6 Å². The Morgan fingerprint density at radius 3 is 2.80 bits per heavy atom. The topological polar surface area (TPSA) is 74.9 Å². The molecule has 1 saturated heterocycles. The van der Waals surface area contributed by atoms with Crippen molar-refractivity contribution in [1.82, 2.24) is 10.2 Å². The van der Waals surface area contributed by atoms with Gasteiger partial charge in [-0.25, -0.2) is 4.79 Å². The van der Waals surface area contributed by atoms with Crippen LogP contribution in [0.25, 0.3) is 11.3 Å². The first kappa shape index (κ1) is 17.9. The number of carbonyl (C=O) groups is 1. The number of nitrogens with zero attached hydrogens (tertiary/aromatic N) is 1. The van der Waals surface area contributed by atoms with Gasteiger partial charge in [0.2, 0.25) is 0 Å². The molecule has 2 N–H and O–H groups in total. The summed E-state index contributed by atoms with van der Waals surface area (Å²) in [6.07, 6.45) is 0. The predicted octanol–water partition coefficient (Wildman–Crippen LogP) is 2.72. The van der Waals surface area contributed by atoms with Gasteiger partial charge in [-0.15, -0.1) is 0 Å². The number of aromatic carboxylic acids is 1. The van der Waals surface area contributed by atoms with E-state index in [4.69, 9.17) is 25.9 Å². The third-order valence-electron chi connectivity index (χ3n) is 4.15. The van der Waals surface area contributed by atoms with E-state index < -0.39 is 5.97 Å². The molecule has 0 amide bonds. The molecule has 2 heterocycles. The quantitative estimate of drug-likeness (QED) is 0.736. The van der Waals surface area contributed by atoms with E-state index in [9.17, 15) is 4.79 Å². The third-order valence-corrected chi connectivity index (χ3v) is 4.48. The molecule has 2 aromatic rings. The van der Waals surface area contributed by atoms with Crippen LogP contribution in [0.5, 0.6) is 0 Å². The second-order valence-corrected chi connectivity index (χ2v) is 6.30. The van der Waals surface area contributed by atoms with Crippen molar-refractivity contribution in [3.63, 3.8) is 0 Å². The summed E-state index contributed by atoms with van der Waals surface area (Å²) in [6.45, 7) is 6.01. The Kier molecular flexibility index (Phi) is 6.09. The monoisotopic (exact) mass is 364 g/mol. The summed E-state index contributed by atoms with van der Waals surface area (Å²) in [5.74, 6) is 0.362. The number of carboxylic acid groups (broad SMARTS) is 1. The Morgan fingerprint density at radius 2 is 2.04 bits per heavy atom. The average Bonchev–Trinajstić information content (AvgIpc) is 3.08. The fourth-order valence-electron chi connectivity index (χ4n) is 2.74. The summed E-state index contributed by atoms with van der Waals surface area (Å²) in [4.78, 5) is 13.5. The lowest BCUT2D eigenvalue weighted by Gasteiger charge is -2.26. The normalized spacial score (nSPS) is 15.4. The molecule has 25 heavy (non-hydrogen) atoms. The van der Waals surface area contributed by atoms with E-state index in [0.717, 1.165) is 45.2 Å². The van der Waals surface area contributed by atoms with Crippen LogP contribution in [0.1, 0.15) is 16.1 Å². The molecule has 3 rings (SSSR count). The van der Waals surface area contributed by atoms with Crippen molar-refractivity contribution < 1.29 is 19.1 Å². The van der Waals surface area contributed by atoms with Crippen molar-refractivity contribution in [3.05, 3.63) is 46.7 Å². The number of carboxylic acids is 1. The van der Waals surface area contributed by atoms with Gasteiger partial charge in [0.05, 0.1) is 30.3 Å². The van der Waals surface area contributed by atoms with Crippen molar-refractivity contribution >= 4 is 17.6 Å². The van der Waals surface area contributed by atoms with Crippen molar-refractivity contribution in [1.29, 1.82) is 0 Å². The van der Waals surface area contributed by atoms with E-state index in [-0.39, 0.29) is 5.56 Å². The summed E-state index contributed by atoms with van der Waals surface area (Å²) < 4.78 is 11.1. The molecule has 1 fully saturated rings. The van der Waals surface area contributed by atoms with E-state index in [1.807, 2.05) is 12.1 Å². The second kappa shape index (κ2) is 8.49. The first-order valence-corrected chi connectivity index (χ1v) is 8.64. The molecule has 0 aliphatic carbocycles. The zero-order valence-electron chi connectivity index (χ0n) is 13.8. The van der Waals surface area contributed by atoms with Gasteiger partial charge in [-0.3, -0.25) is 4.90 Å². The van der Waals surface area contributed by atoms with E-state index in [1.165, 1.54) is 12.1 Å². The number of hydrogen-bond acceptors (Lipinski definition) is 5. The number of hydrogen-bond donors (Lipinski definition) is 2. The van der Waals surface area contributed by atoms with Crippen molar-refractivity contribution in [2.45, 2.75) is 6.54 Å². The minimum atomic E-state index is -0.991. The van der Waals surface area contributed by atoms with Crippen LogP contribution >= 0.6 is 11.6 Å². The number of rotatable bonds is 7. The molecule has 0 saturated carbocycles. The standard InChI is InChI=1S/C18H21ClN2O4/c19-16-3-1-13(18(22)23)11-15(16)17-4-2-14(25-17)12-20-5-6-21-7-9-24-10-8-21/h1-4,11,20H,5-10,12H2,(H,22,23). The highest BCUT2D eigenvalue weighted by Crippen LogP contribution is 2.30. The summed E-state index contributed by atoms with van der Waals surface area (Å²) in [5, 5.41) is 12.9. The zero-order chi connectivity index (χ0) is 17.6. The molecule has 0 atom stereocenters. The summed E-state index contributed by atoms with van der Waals surface area (Å²) >= 11 is 6.17. The second-order valence-electron chi connectivity index (χ2n) is 5.90. The van der Waals surface area contributed by atoms with Gasteiger partial charge in [0.15, 0.2) is 0 Å². The molecule has 0 spiro atoms. The molecule has 0 unspecified atom stereocenters. The lowest BCUT2D eigenvalue weighted by Crippen LogP contribution is -2.40. The largest absolute Gasteiger partial charge is 0.478 e. The van der Waals surface area contributed by atoms with Gasteiger partial charge >= 0.3 is 5.97 Å². The van der Waals surface area contributed by atoms with Crippen LogP contribution in [0.4, 0.5) is 0 Å². The molecule has 0 bridgehead atoms. The van der Waals surface area contributed by atoms with Crippen LogP contribution in [0.3, 0.4) is 0 Å². The van der Waals surface area contributed by atoms with Gasteiger partial charge in [-0.05, 0) is 30.3 Å². The molecule has 7 heteroatoms.